The van der Waals surface area contributed by atoms with E-state index in [0.717, 1.165) is 12.2 Å². The Hall–Kier alpha value is -0.0200. The largest absolute Gasteiger partial charge is 0.311 e. The molecule has 0 aliphatic rings. The minimum absolute atomic E-state index is 0.0625. The highest BCUT2D eigenvalue weighted by Gasteiger charge is 2.09. The van der Waals surface area contributed by atoms with Crippen molar-refractivity contribution < 1.29 is 4.79 Å². The maximum absolute atomic E-state index is 10.8. The fraction of sp³-hybridized carbons (Fsp3) is 0.857. The van der Waals surface area contributed by atoms with Gasteiger partial charge in [-0.3, -0.25) is 4.79 Å². The van der Waals surface area contributed by atoms with E-state index in [2.05, 4.69) is 5.32 Å². The second-order valence-electron chi connectivity index (χ2n) is 2.23. The van der Waals surface area contributed by atoms with Crippen LogP contribution in [0.5, 0.6) is 0 Å². The molecule has 0 saturated carbocycles. The molecule has 0 aliphatic carbocycles. The molecule has 0 radical (unpaired) electrons. The fourth-order valence-corrected chi connectivity index (χ4v) is 1.26. The minimum Gasteiger partial charge on any atom is -0.311 e. The Morgan fingerprint density at radius 1 is 1.70 bits per heavy atom. The molecule has 1 N–H and O–H groups in total. The number of Topliss-reactive ketones (excluding diaryl/α,β-unsaturated/α-hetero) is 1. The molecule has 2 nitrogen and oxygen atoms in total. The van der Waals surface area contributed by atoms with Crippen molar-refractivity contribution >= 4 is 17.5 Å². The standard InChI is InChI=1S/C7H15NOS/c1-6(9)7(8-2)4-5-10-3/h7-8H,4-5H2,1-3H3/t7-/m0/s1. The number of hydrogen-bond donors (Lipinski definition) is 1. The Bertz CT molecular complexity index is 106. The Balaban J connectivity index is 3.50. The van der Waals surface area contributed by atoms with Gasteiger partial charge in [-0.25, -0.2) is 0 Å². The first-order valence-electron chi connectivity index (χ1n) is 3.39. The maximum atomic E-state index is 10.8. The van der Waals surface area contributed by atoms with Gasteiger partial charge >= 0.3 is 0 Å². The zero-order chi connectivity index (χ0) is 7.98. The number of likely N-dealkylation sites (N-methyl/N-ethyl adjacent to an activating group) is 1. The normalized spacial score (nSPS) is 13.1. The van der Waals surface area contributed by atoms with Gasteiger partial charge in [-0.2, -0.15) is 11.8 Å². The average Bonchev–Trinajstić information content (AvgIpc) is 1.89. The fourth-order valence-electron chi connectivity index (χ4n) is 0.787. The van der Waals surface area contributed by atoms with E-state index in [-0.39, 0.29) is 11.8 Å². The lowest BCUT2D eigenvalue weighted by Gasteiger charge is -2.10. The molecule has 0 bridgehead atoms. The van der Waals surface area contributed by atoms with Crippen LogP contribution in [-0.2, 0) is 4.79 Å². The molecular formula is C7H15NOS. The first-order chi connectivity index (χ1) is 4.72. The monoisotopic (exact) mass is 161 g/mol. The van der Waals surface area contributed by atoms with Gasteiger partial charge in [-0.1, -0.05) is 0 Å². The van der Waals surface area contributed by atoms with Crippen molar-refractivity contribution in [3.63, 3.8) is 0 Å². The Morgan fingerprint density at radius 2 is 2.30 bits per heavy atom. The van der Waals surface area contributed by atoms with Crippen molar-refractivity contribution in [3.8, 4) is 0 Å². The summed E-state index contributed by atoms with van der Waals surface area (Å²) in [5.74, 6) is 1.28. The molecule has 0 fully saturated rings. The molecule has 0 spiro atoms. The smallest absolute Gasteiger partial charge is 0.146 e. The van der Waals surface area contributed by atoms with E-state index in [4.69, 9.17) is 0 Å². The molecular weight excluding hydrogens is 146 g/mol. The molecule has 0 amide bonds. The van der Waals surface area contributed by atoms with Crippen LogP contribution in [0.2, 0.25) is 0 Å². The molecule has 0 rings (SSSR count). The molecule has 1 atom stereocenters. The van der Waals surface area contributed by atoms with Crippen LogP contribution >= 0.6 is 11.8 Å². The van der Waals surface area contributed by atoms with Gasteiger partial charge in [-0.05, 0) is 32.4 Å². The number of carbonyl (C=O) groups excluding carboxylic acids is 1. The highest BCUT2D eigenvalue weighted by atomic mass is 32.2. The van der Waals surface area contributed by atoms with Crippen LogP contribution in [0.25, 0.3) is 0 Å². The summed E-state index contributed by atoms with van der Waals surface area (Å²) in [5.41, 5.74) is 0. The van der Waals surface area contributed by atoms with Gasteiger partial charge in [0.05, 0.1) is 6.04 Å². The third kappa shape index (κ3) is 3.90. The van der Waals surface area contributed by atoms with Crippen LogP contribution < -0.4 is 5.32 Å². The summed E-state index contributed by atoms with van der Waals surface area (Å²) >= 11 is 1.77. The van der Waals surface area contributed by atoms with E-state index in [1.807, 2.05) is 13.3 Å². The van der Waals surface area contributed by atoms with Crippen molar-refractivity contribution in [2.75, 3.05) is 19.1 Å². The molecule has 0 aromatic rings. The highest BCUT2D eigenvalue weighted by molar-refractivity contribution is 7.98. The minimum atomic E-state index is 0.0625. The first kappa shape index (κ1) is 9.98. The van der Waals surface area contributed by atoms with Gasteiger partial charge in [0.25, 0.3) is 0 Å². The zero-order valence-corrected chi connectivity index (χ0v) is 7.62. The van der Waals surface area contributed by atoms with Crippen molar-refractivity contribution in [2.45, 2.75) is 19.4 Å². The molecule has 0 aliphatic heterocycles. The third-order valence-corrected chi connectivity index (χ3v) is 2.09. The van der Waals surface area contributed by atoms with Gasteiger partial charge in [0.1, 0.15) is 5.78 Å². The van der Waals surface area contributed by atoms with Crippen LogP contribution in [0.15, 0.2) is 0 Å². The SMILES string of the molecule is CN[C@@H](CCSC)C(C)=O. The van der Waals surface area contributed by atoms with Crippen molar-refractivity contribution in [3.05, 3.63) is 0 Å². The number of hydrogen-bond acceptors (Lipinski definition) is 3. The van der Waals surface area contributed by atoms with E-state index in [9.17, 15) is 4.79 Å². The highest BCUT2D eigenvalue weighted by Crippen LogP contribution is 2.00. The summed E-state index contributed by atoms with van der Waals surface area (Å²) in [6, 6.07) is 0.0625. The van der Waals surface area contributed by atoms with E-state index >= 15 is 0 Å². The number of ketones is 1. The van der Waals surface area contributed by atoms with Crippen LogP contribution in [0.3, 0.4) is 0 Å². The van der Waals surface area contributed by atoms with Gasteiger partial charge in [0, 0.05) is 0 Å². The van der Waals surface area contributed by atoms with Crippen LogP contribution in [0.1, 0.15) is 13.3 Å². The number of thioether (sulfide) groups is 1. The molecule has 0 aromatic carbocycles. The molecule has 3 heteroatoms. The zero-order valence-electron chi connectivity index (χ0n) is 6.81. The molecule has 0 heterocycles. The summed E-state index contributed by atoms with van der Waals surface area (Å²) in [6.45, 7) is 1.63. The van der Waals surface area contributed by atoms with Gasteiger partial charge in [-0.15, -0.1) is 0 Å². The Labute approximate surface area is 66.8 Å². The van der Waals surface area contributed by atoms with E-state index in [0.29, 0.717) is 0 Å². The predicted molar refractivity (Wildman–Crippen MR) is 46.5 cm³/mol. The molecule has 0 aromatic heterocycles. The number of nitrogens with one attached hydrogen (secondary N) is 1. The van der Waals surface area contributed by atoms with E-state index < -0.39 is 0 Å². The van der Waals surface area contributed by atoms with Crippen LogP contribution in [0.4, 0.5) is 0 Å². The first-order valence-corrected chi connectivity index (χ1v) is 4.78. The third-order valence-electron chi connectivity index (χ3n) is 1.45. The molecule has 0 saturated heterocycles. The molecule has 0 unspecified atom stereocenters. The number of rotatable bonds is 5. The average molecular weight is 161 g/mol. The number of carbonyl (C=O) groups is 1. The summed E-state index contributed by atoms with van der Waals surface area (Å²) in [5, 5.41) is 2.97. The second kappa shape index (κ2) is 5.74. The summed E-state index contributed by atoms with van der Waals surface area (Å²) in [6.07, 6.45) is 2.99. The molecule has 10 heavy (non-hydrogen) atoms. The lowest BCUT2D eigenvalue weighted by molar-refractivity contribution is -0.118. The van der Waals surface area contributed by atoms with Gasteiger partial charge in [0.15, 0.2) is 0 Å². The van der Waals surface area contributed by atoms with Gasteiger partial charge < -0.3 is 5.32 Å². The van der Waals surface area contributed by atoms with Crippen molar-refractivity contribution in [1.29, 1.82) is 0 Å². The maximum Gasteiger partial charge on any atom is 0.146 e. The summed E-state index contributed by atoms with van der Waals surface area (Å²) in [4.78, 5) is 10.8. The van der Waals surface area contributed by atoms with E-state index in [1.165, 1.54) is 0 Å². The summed E-state index contributed by atoms with van der Waals surface area (Å²) < 4.78 is 0. The predicted octanol–water partition coefficient (Wildman–Crippen LogP) is 0.916. The Kier molecular flexibility index (Phi) is 5.73. The van der Waals surface area contributed by atoms with Crippen LogP contribution in [0, 0.1) is 0 Å². The van der Waals surface area contributed by atoms with Crippen LogP contribution in [-0.4, -0.2) is 30.9 Å². The lowest BCUT2D eigenvalue weighted by Crippen LogP contribution is -2.32. The van der Waals surface area contributed by atoms with Crippen molar-refractivity contribution in [2.24, 2.45) is 0 Å². The second-order valence-corrected chi connectivity index (χ2v) is 3.22. The topological polar surface area (TPSA) is 29.1 Å². The van der Waals surface area contributed by atoms with Crippen molar-refractivity contribution in [1.82, 2.24) is 5.32 Å². The molecule has 60 valence electrons. The summed E-state index contributed by atoms with van der Waals surface area (Å²) in [7, 11) is 1.83. The van der Waals surface area contributed by atoms with E-state index in [1.54, 1.807) is 18.7 Å². The Morgan fingerprint density at radius 3 is 2.60 bits per heavy atom. The van der Waals surface area contributed by atoms with Gasteiger partial charge in [0.2, 0.25) is 0 Å². The lowest BCUT2D eigenvalue weighted by atomic mass is 10.1. The quantitative estimate of drug-likeness (QED) is 0.650.